The Morgan fingerprint density at radius 1 is 1.00 bits per heavy atom. The second-order valence-electron chi connectivity index (χ2n) is 7.10. The molecule has 28 heavy (non-hydrogen) atoms. The molecule has 0 unspecified atom stereocenters. The van der Waals surface area contributed by atoms with E-state index >= 15 is 0 Å². The van der Waals surface area contributed by atoms with Gasteiger partial charge in [-0.05, 0) is 81.6 Å². The first kappa shape index (κ1) is 19.0. The number of likely N-dealkylation sites (tertiary alicyclic amines) is 1. The third-order valence-corrected chi connectivity index (χ3v) is 5.84. The summed E-state index contributed by atoms with van der Waals surface area (Å²) < 4.78 is 0. The van der Waals surface area contributed by atoms with E-state index in [-0.39, 0.29) is 0 Å². The molecule has 0 bridgehead atoms. The standard InChI is InChI=1S/C22H27N5S/c1-28-18-11-9-17(10-12-18)24-22-25-20-8-3-2-7-19(20)21(26-22)23-13-6-16-27-14-4-5-15-27/h2-3,7-12H,4-6,13-16H2,1H3,(H2,23,24,25,26). The Labute approximate surface area is 171 Å². The minimum absolute atomic E-state index is 0.623. The molecule has 1 aliphatic rings. The largest absolute Gasteiger partial charge is 0.369 e. The maximum absolute atomic E-state index is 4.76. The van der Waals surface area contributed by atoms with Crippen LogP contribution in [-0.2, 0) is 0 Å². The summed E-state index contributed by atoms with van der Waals surface area (Å²) in [6.07, 6.45) is 5.89. The van der Waals surface area contributed by atoms with E-state index in [2.05, 4.69) is 57.1 Å². The van der Waals surface area contributed by atoms with Gasteiger partial charge in [-0.1, -0.05) is 12.1 Å². The predicted molar refractivity (Wildman–Crippen MR) is 120 cm³/mol. The van der Waals surface area contributed by atoms with Gasteiger partial charge in [-0.15, -0.1) is 11.8 Å². The molecule has 146 valence electrons. The number of anilines is 3. The van der Waals surface area contributed by atoms with Gasteiger partial charge in [0, 0.05) is 22.5 Å². The molecule has 4 rings (SSSR count). The van der Waals surface area contributed by atoms with E-state index in [1.807, 2.05) is 18.2 Å². The fourth-order valence-electron chi connectivity index (χ4n) is 3.59. The van der Waals surface area contributed by atoms with Crippen molar-refractivity contribution in [2.75, 3.05) is 43.1 Å². The number of aromatic nitrogens is 2. The normalized spacial score (nSPS) is 14.5. The van der Waals surface area contributed by atoms with E-state index in [0.717, 1.165) is 41.9 Å². The minimum atomic E-state index is 0.623. The Morgan fingerprint density at radius 3 is 2.57 bits per heavy atom. The lowest BCUT2D eigenvalue weighted by Crippen LogP contribution is -2.22. The molecule has 2 N–H and O–H groups in total. The fraction of sp³-hybridized carbons (Fsp3) is 0.364. The maximum Gasteiger partial charge on any atom is 0.229 e. The van der Waals surface area contributed by atoms with Crippen LogP contribution < -0.4 is 10.6 Å². The smallest absolute Gasteiger partial charge is 0.229 e. The molecular weight excluding hydrogens is 366 g/mol. The fourth-order valence-corrected chi connectivity index (χ4v) is 3.99. The van der Waals surface area contributed by atoms with Gasteiger partial charge < -0.3 is 15.5 Å². The van der Waals surface area contributed by atoms with Crippen LogP contribution in [0.2, 0.25) is 0 Å². The van der Waals surface area contributed by atoms with Crippen LogP contribution in [0.1, 0.15) is 19.3 Å². The van der Waals surface area contributed by atoms with Crippen LogP contribution in [0, 0.1) is 0 Å². The number of thioether (sulfide) groups is 1. The van der Waals surface area contributed by atoms with E-state index < -0.39 is 0 Å². The molecule has 0 radical (unpaired) electrons. The molecule has 1 fully saturated rings. The summed E-state index contributed by atoms with van der Waals surface area (Å²) in [5, 5.41) is 7.94. The highest BCUT2D eigenvalue weighted by Crippen LogP contribution is 2.24. The van der Waals surface area contributed by atoms with E-state index in [0.29, 0.717) is 5.95 Å². The van der Waals surface area contributed by atoms with E-state index in [9.17, 15) is 0 Å². The van der Waals surface area contributed by atoms with E-state index in [4.69, 9.17) is 4.98 Å². The van der Waals surface area contributed by atoms with Crippen LogP contribution in [0.25, 0.3) is 10.9 Å². The van der Waals surface area contributed by atoms with Gasteiger partial charge in [-0.2, -0.15) is 4.98 Å². The predicted octanol–water partition coefficient (Wildman–Crippen LogP) is 4.99. The van der Waals surface area contributed by atoms with Gasteiger partial charge in [0.1, 0.15) is 5.82 Å². The van der Waals surface area contributed by atoms with Crippen LogP contribution in [-0.4, -0.2) is 47.3 Å². The van der Waals surface area contributed by atoms with Gasteiger partial charge in [0.25, 0.3) is 0 Å². The van der Waals surface area contributed by atoms with Crippen molar-refractivity contribution in [3.8, 4) is 0 Å². The lowest BCUT2D eigenvalue weighted by molar-refractivity contribution is 0.337. The van der Waals surface area contributed by atoms with Crippen molar-refractivity contribution in [1.82, 2.24) is 14.9 Å². The number of fused-ring (bicyclic) bond motifs is 1. The zero-order valence-corrected chi connectivity index (χ0v) is 17.1. The zero-order valence-electron chi connectivity index (χ0n) is 16.3. The monoisotopic (exact) mass is 393 g/mol. The van der Waals surface area contributed by atoms with Gasteiger partial charge in [-0.3, -0.25) is 0 Å². The number of hydrogen-bond donors (Lipinski definition) is 2. The van der Waals surface area contributed by atoms with E-state index in [1.54, 1.807) is 11.8 Å². The number of nitrogens with one attached hydrogen (secondary N) is 2. The molecule has 2 aromatic carbocycles. The highest BCUT2D eigenvalue weighted by Gasteiger charge is 2.11. The lowest BCUT2D eigenvalue weighted by atomic mass is 10.2. The molecule has 2 heterocycles. The Hall–Kier alpha value is -2.31. The molecule has 0 spiro atoms. The molecule has 6 heteroatoms. The Bertz CT molecular complexity index is 906. The summed E-state index contributed by atoms with van der Waals surface area (Å²) in [6.45, 7) is 4.57. The number of nitrogens with zero attached hydrogens (tertiary/aromatic N) is 3. The van der Waals surface area contributed by atoms with Crippen molar-refractivity contribution in [3.63, 3.8) is 0 Å². The second kappa shape index (κ2) is 9.26. The zero-order chi connectivity index (χ0) is 19.2. The van der Waals surface area contributed by atoms with Crippen molar-refractivity contribution >= 4 is 40.1 Å². The van der Waals surface area contributed by atoms with Crippen molar-refractivity contribution in [2.24, 2.45) is 0 Å². The molecule has 0 saturated carbocycles. The second-order valence-corrected chi connectivity index (χ2v) is 7.98. The first-order valence-corrected chi connectivity index (χ1v) is 11.2. The molecule has 0 atom stereocenters. The van der Waals surface area contributed by atoms with Gasteiger partial charge in [0.05, 0.1) is 5.52 Å². The highest BCUT2D eigenvalue weighted by molar-refractivity contribution is 7.98. The summed E-state index contributed by atoms with van der Waals surface area (Å²) in [7, 11) is 0. The first-order chi connectivity index (χ1) is 13.8. The average molecular weight is 394 g/mol. The molecule has 1 saturated heterocycles. The maximum atomic E-state index is 4.76. The molecular formula is C22H27N5S. The summed E-state index contributed by atoms with van der Waals surface area (Å²) in [6, 6.07) is 16.5. The SMILES string of the molecule is CSc1ccc(Nc2nc(NCCCN3CCCC3)c3ccccc3n2)cc1. The van der Waals surface area contributed by atoms with Crippen molar-refractivity contribution < 1.29 is 0 Å². The Balaban J connectivity index is 1.47. The van der Waals surface area contributed by atoms with Crippen molar-refractivity contribution in [3.05, 3.63) is 48.5 Å². The topological polar surface area (TPSA) is 53.1 Å². The quantitative estimate of drug-likeness (QED) is 0.415. The number of hydrogen-bond acceptors (Lipinski definition) is 6. The van der Waals surface area contributed by atoms with Crippen LogP contribution in [0.4, 0.5) is 17.5 Å². The average Bonchev–Trinajstić information content (AvgIpc) is 3.25. The minimum Gasteiger partial charge on any atom is -0.369 e. The highest BCUT2D eigenvalue weighted by atomic mass is 32.2. The number of benzene rings is 2. The third-order valence-electron chi connectivity index (χ3n) is 5.09. The number of rotatable bonds is 8. The Morgan fingerprint density at radius 2 is 1.79 bits per heavy atom. The van der Waals surface area contributed by atoms with Crippen LogP contribution in [0.15, 0.2) is 53.4 Å². The molecule has 0 aliphatic carbocycles. The van der Waals surface area contributed by atoms with Crippen LogP contribution in [0.5, 0.6) is 0 Å². The number of para-hydroxylation sites is 1. The van der Waals surface area contributed by atoms with Gasteiger partial charge in [0.15, 0.2) is 0 Å². The molecule has 1 aromatic heterocycles. The summed E-state index contributed by atoms with van der Waals surface area (Å²) in [4.78, 5) is 13.2. The van der Waals surface area contributed by atoms with Crippen molar-refractivity contribution in [2.45, 2.75) is 24.2 Å². The van der Waals surface area contributed by atoms with Crippen LogP contribution in [0.3, 0.4) is 0 Å². The molecule has 1 aliphatic heterocycles. The third kappa shape index (κ3) is 4.75. The van der Waals surface area contributed by atoms with E-state index in [1.165, 1.54) is 30.8 Å². The summed E-state index contributed by atoms with van der Waals surface area (Å²) in [5.74, 6) is 1.52. The van der Waals surface area contributed by atoms with Gasteiger partial charge in [0.2, 0.25) is 5.95 Å². The molecule has 0 amide bonds. The van der Waals surface area contributed by atoms with Crippen molar-refractivity contribution in [1.29, 1.82) is 0 Å². The molecule has 5 nitrogen and oxygen atoms in total. The summed E-state index contributed by atoms with van der Waals surface area (Å²) >= 11 is 1.74. The lowest BCUT2D eigenvalue weighted by Gasteiger charge is -2.15. The van der Waals surface area contributed by atoms with Gasteiger partial charge in [-0.25, -0.2) is 4.98 Å². The van der Waals surface area contributed by atoms with Crippen LogP contribution >= 0.6 is 11.8 Å². The first-order valence-electron chi connectivity index (χ1n) is 9.96. The Kier molecular flexibility index (Phi) is 6.29. The van der Waals surface area contributed by atoms with Gasteiger partial charge >= 0.3 is 0 Å². The molecule has 3 aromatic rings. The summed E-state index contributed by atoms with van der Waals surface area (Å²) in [5.41, 5.74) is 1.94.